The summed E-state index contributed by atoms with van der Waals surface area (Å²) in [6.07, 6.45) is 5.66. The van der Waals surface area contributed by atoms with Gasteiger partial charge in [-0.15, -0.1) is 0 Å². The van der Waals surface area contributed by atoms with Gasteiger partial charge in [0, 0.05) is 31.7 Å². The van der Waals surface area contributed by atoms with Crippen LogP contribution in [0.25, 0.3) is 0 Å². The van der Waals surface area contributed by atoms with Crippen molar-refractivity contribution in [3.8, 4) is 0 Å². The molecule has 0 unspecified atom stereocenters. The van der Waals surface area contributed by atoms with Crippen molar-refractivity contribution in [3.05, 3.63) is 0 Å². The van der Waals surface area contributed by atoms with Crippen molar-refractivity contribution in [2.45, 2.75) is 58.9 Å². The summed E-state index contributed by atoms with van der Waals surface area (Å²) in [5.41, 5.74) is 0.483. The van der Waals surface area contributed by atoms with E-state index in [9.17, 15) is 0 Å². The van der Waals surface area contributed by atoms with E-state index in [0.29, 0.717) is 5.54 Å². The van der Waals surface area contributed by atoms with Crippen LogP contribution in [0, 0.1) is 17.8 Å². The van der Waals surface area contributed by atoms with E-state index in [2.05, 4.69) is 37.9 Å². The van der Waals surface area contributed by atoms with E-state index in [-0.39, 0.29) is 0 Å². The monoisotopic (exact) mass is 252 g/mol. The van der Waals surface area contributed by atoms with Crippen molar-refractivity contribution in [3.63, 3.8) is 0 Å². The predicted molar refractivity (Wildman–Crippen MR) is 78.8 cm³/mol. The molecule has 0 aromatic carbocycles. The summed E-state index contributed by atoms with van der Waals surface area (Å²) in [7, 11) is 0. The molecule has 1 heterocycles. The Balaban J connectivity index is 1.92. The first-order valence-electron chi connectivity index (χ1n) is 8.00. The molecule has 1 N–H and O–H groups in total. The maximum Gasteiger partial charge on any atom is 0.0309 e. The Labute approximate surface area is 114 Å². The fourth-order valence-corrected chi connectivity index (χ4v) is 4.07. The maximum absolute atomic E-state index is 3.81. The quantitative estimate of drug-likeness (QED) is 0.827. The second-order valence-corrected chi connectivity index (χ2v) is 7.30. The highest BCUT2D eigenvalue weighted by Crippen LogP contribution is 2.33. The zero-order valence-electron chi connectivity index (χ0n) is 12.8. The van der Waals surface area contributed by atoms with Crippen LogP contribution in [0.15, 0.2) is 0 Å². The summed E-state index contributed by atoms with van der Waals surface area (Å²) in [5, 5.41) is 3.81. The Morgan fingerprint density at radius 2 is 1.67 bits per heavy atom. The third-order valence-electron chi connectivity index (χ3n) is 5.20. The first kappa shape index (κ1) is 14.3. The van der Waals surface area contributed by atoms with Crippen molar-refractivity contribution in [1.82, 2.24) is 10.2 Å². The van der Waals surface area contributed by atoms with E-state index < -0.39 is 0 Å². The maximum atomic E-state index is 3.81. The predicted octanol–water partition coefficient (Wildman–Crippen LogP) is 3.13. The average molecular weight is 252 g/mol. The van der Waals surface area contributed by atoms with Crippen LogP contribution in [0.1, 0.15) is 53.4 Å². The van der Waals surface area contributed by atoms with Gasteiger partial charge in [0.25, 0.3) is 0 Å². The minimum Gasteiger partial charge on any atom is -0.309 e. The van der Waals surface area contributed by atoms with Crippen molar-refractivity contribution >= 4 is 0 Å². The Hall–Kier alpha value is -0.0800. The van der Waals surface area contributed by atoms with E-state index in [0.717, 1.165) is 17.8 Å². The first-order chi connectivity index (χ1) is 8.52. The number of nitrogens with zero attached hydrogens (tertiary/aromatic N) is 1. The van der Waals surface area contributed by atoms with Gasteiger partial charge in [0.2, 0.25) is 0 Å². The van der Waals surface area contributed by atoms with Gasteiger partial charge in [-0.3, -0.25) is 4.90 Å². The van der Waals surface area contributed by atoms with Crippen LogP contribution < -0.4 is 5.32 Å². The van der Waals surface area contributed by atoms with Gasteiger partial charge in [-0.25, -0.2) is 0 Å². The van der Waals surface area contributed by atoms with E-state index in [1.54, 1.807) is 0 Å². The third kappa shape index (κ3) is 3.27. The molecule has 0 radical (unpaired) electrons. The van der Waals surface area contributed by atoms with Crippen molar-refractivity contribution in [1.29, 1.82) is 0 Å². The lowest BCUT2D eigenvalue weighted by atomic mass is 9.84. The van der Waals surface area contributed by atoms with Gasteiger partial charge in [0.15, 0.2) is 0 Å². The van der Waals surface area contributed by atoms with E-state index in [1.165, 1.54) is 51.9 Å². The Kier molecular flexibility index (Phi) is 4.71. The molecule has 1 saturated heterocycles. The molecule has 1 aliphatic heterocycles. The van der Waals surface area contributed by atoms with Crippen LogP contribution in [0.3, 0.4) is 0 Å². The van der Waals surface area contributed by atoms with Crippen molar-refractivity contribution in [2.24, 2.45) is 17.8 Å². The molecule has 1 saturated carbocycles. The molecule has 0 atom stereocenters. The number of rotatable bonds is 4. The summed E-state index contributed by atoms with van der Waals surface area (Å²) < 4.78 is 0. The highest BCUT2D eigenvalue weighted by Gasteiger charge is 2.38. The number of nitrogens with one attached hydrogen (secondary N) is 1. The molecule has 0 amide bonds. The van der Waals surface area contributed by atoms with Gasteiger partial charge >= 0.3 is 0 Å². The summed E-state index contributed by atoms with van der Waals surface area (Å²) in [4.78, 5) is 2.74. The number of hydrogen-bond donors (Lipinski definition) is 1. The average Bonchev–Trinajstić information content (AvgIpc) is 2.73. The summed E-state index contributed by atoms with van der Waals surface area (Å²) in [5.74, 6) is 2.46. The molecule has 2 nitrogen and oxygen atoms in total. The largest absolute Gasteiger partial charge is 0.309 e. The van der Waals surface area contributed by atoms with Gasteiger partial charge in [-0.2, -0.15) is 0 Å². The molecule has 2 fully saturated rings. The summed E-state index contributed by atoms with van der Waals surface area (Å²) in [6.45, 7) is 14.6. The SMILES string of the molecule is CC(C)C(CN1CCNC2(CCCC2)C1)C(C)C. The van der Waals surface area contributed by atoms with Crippen molar-refractivity contribution in [2.75, 3.05) is 26.2 Å². The second kappa shape index (κ2) is 5.92. The molecule has 1 aliphatic carbocycles. The van der Waals surface area contributed by atoms with Crippen LogP contribution in [0.5, 0.6) is 0 Å². The lowest BCUT2D eigenvalue weighted by Crippen LogP contribution is -2.59. The second-order valence-electron chi connectivity index (χ2n) is 7.30. The minimum atomic E-state index is 0.483. The fraction of sp³-hybridized carbons (Fsp3) is 1.00. The molecular formula is C16H32N2. The van der Waals surface area contributed by atoms with Gasteiger partial charge in [0.1, 0.15) is 0 Å². The summed E-state index contributed by atoms with van der Waals surface area (Å²) >= 11 is 0. The highest BCUT2D eigenvalue weighted by atomic mass is 15.2. The zero-order chi connectivity index (χ0) is 13.2. The molecule has 2 aliphatic rings. The van der Waals surface area contributed by atoms with Crippen LogP contribution in [-0.4, -0.2) is 36.6 Å². The van der Waals surface area contributed by atoms with Crippen LogP contribution in [-0.2, 0) is 0 Å². The topological polar surface area (TPSA) is 15.3 Å². The summed E-state index contributed by atoms with van der Waals surface area (Å²) in [6, 6.07) is 0. The van der Waals surface area contributed by atoms with Crippen LogP contribution in [0.4, 0.5) is 0 Å². The molecule has 106 valence electrons. The molecule has 1 spiro atoms. The van der Waals surface area contributed by atoms with Crippen molar-refractivity contribution < 1.29 is 0 Å². The lowest BCUT2D eigenvalue weighted by Gasteiger charge is -2.43. The first-order valence-corrected chi connectivity index (χ1v) is 8.00. The van der Waals surface area contributed by atoms with E-state index in [1.807, 2.05) is 0 Å². The number of piperazine rings is 1. The highest BCUT2D eigenvalue weighted by molar-refractivity contribution is 4.98. The molecule has 0 bridgehead atoms. The van der Waals surface area contributed by atoms with Crippen LogP contribution in [0.2, 0.25) is 0 Å². The van der Waals surface area contributed by atoms with E-state index >= 15 is 0 Å². The fourth-order valence-electron chi connectivity index (χ4n) is 4.07. The Bertz CT molecular complexity index is 246. The normalized spacial score (nSPS) is 24.8. The molecule has 2 heteroatoms. The molecule has 18 heavy (non-hydrogen) atoms. The van der Waals surface area contributed by atoms with Gasteiger partial charge < -0.3 is 5.32 Å². The standard InChI is InChI=1S/C16H32N2/c1-13(2)15(14(3)4)11-18-10-9-17-16(12-18)7-5-6-8-16/h13-15,17H,5-12H2,1-4H3. The molecule has 0 aromatic rings. The molecule has 2 rings (SSSR count). The minimum absolute atomic E-state index is 0.483. The lowest BCUT2D eigenvalue weighted by molar-refractivity contribution is 0.0940. The van der Waals surface area contributed by atoms with Crippen LogP contribution >= 0.6 is 0 Å². The Morgan fingerprint density at radius 1 is 1.06 bits per heavy atom. The smallest absolute Gasteiger partial charge is 0.0309 e. The van der Waals surface area contributed by atoms with Gasteiger partial charge in [-0.05, 0) is 30.6 Å². The van der Waals surface area contributed by atoms with Gasteiger partial charge in [-0.1, -0.05) is 40.5 Å². The zero-order valence-corrected chi connectivity index (χ0v) is 12.8. The Morgan fingerprint density at radius 3 is 2.22 bits per heavy atom. The van der Waals surface area contributed by atoms with E-state index in [4.69, 9.17) is 0 Å². The van der Waals surface area contributed by atoms with Gasteiger partial charge in [0.05, 0.1) is 0 Å². The third-order valence-corrected chi connectivity index (χ3v) is 5.20. The molecular weight excluding hydrogens is 220 g/mol. The molecule has 0 aromatic heterocycles. The number of hydrogen-bond acceptors (Lipinski definition) is 2.